The van der Waals surface area contributed by atoms with Crippen molar-refractivity contribution in [3.05, 3.63) is 157 Å². The summed E-state index contributed by atoms with van der Waals surface area (Å²) in [5.41, 5.74) is 10.0. The molecule has 60 heavy (non-hydrogen) atoms. The Balaban J connectivity index is 0.000000148. The van der Waals surface area contributed by atoms with Crippen LogP contribution in [0.15, 0.2) is 146 Å². The van der Waals surface area contributed by atoms with Gasteiger partial charge in [0.05, 0.1) is 0 Å². The van der Waals surface area contributed by atoms with Gasteiger partial charge in [-0.25, -0.2) is 0 Å². The first-order valence-corrected chi connectivity index (χ1v) is 28.4. The molecule has 304 valence electrons. The first-order chi connectivity index (χ1) is 28.3. The number of hydrogen-bond donors (Lipinski definition) is 0. The molecule has 0 nitrogen and oxygen atoms in total. The molecule has 0 unspecified atom stereocenters. The summed E-state index contributed by atoms with van der Waals surface area (Å²) in [5.74, 6) is 2.06. The van der Waals surface area contributed by atoms with Gasteiger partial charge in [0.15, 0.2) is 0 Å². The van der Waals surface area contributed by atoms with E-state index < -0.39 is 0 Å². The summed E-state index contributed by atoms with van der Waals surface area (Å²) in [7, 11) is 0. The number of halogens is 2. The Kier molecular flexibility index (Phi) is 13.2. The maximum atomic E-state index is 2.49. The molecule has 8 aromatic carbocycles. The molecular weight excluding hydrogens is 863 g/mol. The molecule has 0 radical (unpaired) electrons. The van der Waals surface area contributed by atoms with E-state index in [1.165, 1.54) is 142 Å². The summed E-state index contributed by atoms with van der Waals surface area (Å²) >= 11 is 1.74. The van der Waals surface area contributed by atoms with Crippen LogP contribution in [-0.2, 0) is 36.2 Å². The molecule has 0 heterocycles. The topological polar surface area (TPSA) is 0 Å². The Morgan fingerprint density at radius 2 is 0.817 bits per heavy atom. The maximum absolute atomic E-state index is 2.49. The minimum absolute atomic E-state index is 0. The van der Waals surface area contributed by atoms with Crippen LogP contribution in [0, 0.1) is 22.7 Å². The molecule has 0 aromatic heterocycles. The second-order valence-electron chi connectivity index (χ2n) is 19.0. The Bertz CT molecular complexity index is 2570. The van der Waals surface area contributed by atoms with Crippen molar-refractivity contribution in [1.82, 2.24) is 0 Å². The average Bonchev–Trinajstić information content (AvgIpc) is 4.11. The fraction of sp³-hybridized carbons (Fsp3) is 0.321. The molecule has 12 rings (SSSR count). The van der Waals surface area contributed by atoms with Gasteiger partial charge in [0.1, 0.15) is 0 Å². The molecule has 0 saturated heterocycles. The fourth-order valence-electron chi connectivity index (χ4n) is 12.2. The van der Waals surface area contributed by atoms with E-state index in [-0.39, 0.29) is 30.2 Å². The summed E-state index contributed by atoms with van der Waals surface area (Å²) in [6.45, 7) is 4.62. The van der Waals surface area contributed by atoms with E-state index in [0.29, 0.717) is 10.8 Å². The van der Waals surface area contributed by atoms with Crippen molar-refractivity contribution < 1.29 is 48.1 Å². The van der Waals surface area contributed by atoms with Crippen LogP contribution < -0.4 is 24.8 Å². The molecule has 4 aliphatic rings. The van der Waals surface area contributed by atoms with Crippen molar-refractivity contribution >= 4 is 48.5 Å². The van der Waals surface area contributed by atoms with E-state index in [9.17, 15) is 0 Å². The van der Waals surface area contributed by atoms with Gasteiger partial charge in [-0.3, -0.25) is 0 Å². The molecule has 0 amide bonds. The predicted octanol–water partition coefficient (Wildman–Crippen LogP) is 9.80. The molecule has 4 bridgehead atoms. The van der Waals surface area contributed by atoms with Crippen LogP contribution in [-0.4, -0.2) is 5.43 Å². The summed E-state index contributed by atoms with van der Waals surface area (Å²) in [6.07, 6.45) is 17.2. The largest absolute Gasteiger partial charge is 1.00 e. The molecule has 0 aliphatic heterocycles. The molecular formula is C56H56Cl2SiZr-2. The van der Waals surface area contributed by atoms with Crippen LogP contribution in [0.1, 0.15) is 75.3 Å². The zero-order valence-corrected chi connectivity index (χ0v) is 40.2. The number of hydrogen-bond acceptors (Lipinski definition) is 0. The van der Waals surface area contributed by atoms with Gasteiger partial charge in [-0.2, -0.15) is 12.1 Å². The molecule has 4 heteroatoms. The van der Waals surface area contributed by atoms with E-state index in [0.717, 1.165) is 11.8 Å². The smallest absolute Gasteiger partial charge is 0.0114 e. The Hall–Kier alpha value is -3.26. The van der Waals surface area contributed by atoms with Crippen LogP contribution >= 0.6 is 0 Å². The Labute approximate surface area is 385 Å². The van der Waals surface area contributed by atoms with Gasteiger partial charge < -0.3 is 24.8 Å². The molecule has 4 saturated carbocycles. The third-order valence-electron chi connectivity index (χ3n) is 14.7. The van der Waals surface area contributed by atoms with E-state index >= 15 is 0 Å². The van der Waals surface area contributed by atoms with Crippen molar-refractivity contribution in [3.63, 3.8) is 0 Å². The Morgan fingerprint density at radius 1 is 0.483 bits per heavy atom. The average molecular weight is 919 g/mol. The monoisotopic (exact) mass is 916 g/mol. The van der Waals surface area contributed by atoms with Crippen LogP contribution in [0.3, 0.4) is 0 Å². The van der Waals surface area contributed by atoms with E-state index in [1.54, 1.807) is 34.5 Å². The molecule has 0 atom stereocenters. The second-order valence-corrected chi connectivity index (χ2v) is 28.4. The van der Waals surface area contributed by atoms with Crippen LogP contribution in [0.4, 0.5) is 0 Å². The van der Waals surface area contributed by atoms with Gasteiger partial charge in [-0.1, -0.05) is 108 Å². The fourth-order valence-corrected chi connectivity index (χ4v) is 12.2. The minimum atomic E-state index is 0. The van der Waals surface area contributed by atoms with Crippen LogP contribution in [0.2, 0.25) is 13.1 Å². The van der Waals surface area contributed by atoms with Crippen molar-refractivity contribution in [2.24, 2.45) is 22.7 Å². The molecule has 4 fully saturated rings. The van der Waals surface area contributed by atoms with Gasteiger partial charge in [-0.15, -0.1) is 69.1 Å². The SMILES string of the molecule is C[Si](C)=[Zr+2].[Cl-].[Cl-].c1ccc2c(-c3cccc4[cH-]c(CC56CCC(CC5)C6)cc34)cccc2c1.c1ccc2c(-c3cccc4[cH-]c(CC56CCC(CC5)C6)cc34)cccc2c1. The van der Waals surface area contributed by atoms with Gasteiger partial charge in [-0.05, 0) is 132 Å². The van der Waals surface area contributed by atoms with Crippen LogP contribution in [0.25, 0.3) is 65.3 Å². The standard InChI is InChI=1S/2C27H25.C2H6Si.2ClH.Zr/c2*1-2-8-23-21(5-1)6-3-9-24(23)25-10-4-7-22-15-20(16-26(22)25)18-27-13-11-19(17-27)12-14-27;1-3-2;;;/h2*1-10,15-16,19H,11-14,17-18H2;1-2H3;2*1H;/q2*-1;;;;+2/p-2. The summed E-state index contributed by atoms with van der Waals surface area (Å²) < 4.78 is 0. The predicted molar refractivity (Wildman–Crippen MR) is 248 cm³/mol. The third kappa shape index (κ3) is 8.71. The van der Waals surface area contributed by atoms with Gasteiger partial charge >= 0.3 is 41.9 Å². The van der Waals surface area contributed by atoms with Crippen molar-refractivity contribution in [2.75, 3.05) is 0 Å². The van der Waals surface area contributed by atoms with Crippen molar-refractivity contribution in [2.45, 2.75) is 90.1 Å². The molecule has 8 aromatic rings. The minimum Gasteiger partial charge on any atom is -1.00 e. The quantitative estimate of drug-likeness (QED) is 0.115. The van der Waals surface area contributed by atoms with Gasteiger partial charge in [0.2, 0.25) is 0 Å². The summed E-state index contributed by atoms with van der Waals surface area (Å²) in [6, 6.07) is 54.4. The zero-order chi connectivity index (χ0) is 39.3. The second kappa shape index (κ2) is 18.2. The van der Waals surface area contributed by atoms with E-state index in [4.69, 9.17) is 0 Å². The van der Waals surface area contributed by atoms with Crippen molar-refractivity contribution in [3.8, 4) is 22.3 Å². The number of rotatable bonds is 6. The van der Waals surface area contributed by atoms with Crippen LogP contribution in [0.5, 0.6) is 0 Å². The third-order valence-corrected chi connectivity index (χ3v) is 14.7. The first-order valence-electron chi connectivity index (χ1n) is 22.2. The Morgan fingerprint density at radius 3 is 1.18 bits per heavy atom. The van der Waals surface area contributed by atoms with E-state index in [1.807, 2.05) is 0 Å². The summed E-state index contributed by atoms with van der Waals surface area (Å²) in [4.78, 5) is 0. The molecule has 4 aliphatic carbocycles. The first kappa shape index (κ1) is 43.4. The summed E-state index contributed by atoms with van der Waals surface area (Å²) in [5, 5.41) is 11.0. The van der Waals surface area contributed by atoms with Gasteiger partial charge in [0, 0.05) is 0 Å². The zero-order valence-electron chi connectivity index (χ0n) is 35.3. The number of fused-ring (bicyclic) bond motifs is 8. The molecule has 0 spiro atoms. The van der Waals surface area contributed by atoms with E-state index in [2.05, 4.69) is 159 Å². The van der Waals surface area contributed by atoms with Crippen molar-refractivity contribution in [1.29, 1.82) is 0 Å². The van der Waals surface area contributed by atoms with Gasteiger partial charge in [0.25, 0.3) is 0 Å². The normalized spacial score (nSPS) is 22.3. The maximum Gasteiger partial charge on any atom is -0.0114 e. The molecule has 0 N–H and O–H groups in total. The number of benzene rings is 6.